The zero-order chi connectivity index (χ0) is 25.7. The first-order valence-corrected chi connectivity index (χ1v) is 11.9. The summed E-state index contributed by atoms with van der Waals surface area (Å²) < 4.78 is 16.2. The van der Waals surface area contributed by atoms with Crippen LogP contribution < -0.4 is 14.8 Å². The summed E-state index contributed by atoms with van der Waals surface area (Å²) in [5.41, 5.74) is 1.58. The van der Waals surface area contributed by atoms with Gasteiger partial charge in [0.2, 0.25) is 5.91 Å². The van der Waals surface area contributed by atoms with Gasteiger partial charge in [0.05, 0.1) is 32.4 Å². The number of piperazine rings is 1. The second-order valence-electron chi connectivity index (χ2n) is 8.69. The van der Waals surface area contributed by atoms with E-state index in [1.54, 1.807) is 46.4 Å². The Balaban J connectivity index is 2.02. The molecule has 2 unspecified atom stereocenters. The number of nitrogens with zero attached hydrogens (tertiary/aromatic N) is 3. The van der Waals surface area contributed by atoms with E-state index >= 15 is 0 Å². The summed E-state index contributed by atoms with van der Waals surface area (Å²) in [7, 11) is 4.74. The van der Waals surface area contributed by atoms with Gasteiger partial charge in [-0.2, -0.15) is 0 Å². The second kappa shape index (κ2) is 11.4. The van der Waals surface area contributed by atoms with Gasteiger partial charge in [0.15, 0.2) is 0 Å². The molecule has 10 heteroatoms. The van der Waals surface area contributed by atoms with E-state index in [9.17, 15) is 14.4 Å². The van der Waals surface area contributed by atoms with Crippen molar-refractivity contribution in [1.29, 1.82) is 0 Å². The maximum absolute atomic E-state index is 13.2. The quantitative estimate of drug-likeness (QED) is 0.560. The van der Waals surface area contributed by atoms with E-state index in [4.69, 9.17) is 14.2 Å². The number of hydrogen-bond donors (Lipinski definition) is 1. The maximum Gasteiger partial charge on any atom is 0.338 e. The molecule has 3 rings (SSSR count). The van der Waals surface area contributed by atoms with E-state index in [0.717, 1.165) is 0 Å². The van der Waals surface area contributed by atoms with Gasteiger partial charge >= 0.3 is 12.0 Å². The lowest BCUT2D eigenvalue weighted by molar-refractivity contribution is -0.139. The average molecular weight is 489 g/mol. The number of rotatable bonds is 8. The lowest BCUT2D eigenvalue weighted by atomic mass is 9.93. The molecule has 35 heavy (non-hydrogen) atoms. The summed E-state index contributed by atoms with van der Waals surface area (Å²) in [6, 6.07) is 4.24. The van der Waals surface area contributed by atoms with E-state index < -0.39 is 12.0 Å². The third-order valence-corrected chi connectivity index (χ3v) is 6.49. The molecule has 1 N–H and O–H groups in total. The third-order valence-electron chi connectivity index (χ3n) is 6.49. The summed E-state index contributed by atoms with van der Waals surface area (Å²) in [4.78, 5) is 44.0. The number of ether oxygens (including phenoxy) is 3. The highest BCUT2D eigenvalue weighted by molar-refractivity contribution is 5.95. The predicted octanol–water partition coefficient (Wildman–Crippen LogP) is 2.16. The Kier molecular flexibility index (Phi) is 8.61. The Morgan fingerprint density at radius 2 is 1.74 bits per heavy atom. The standard InChI is InChI=1S/C25H36N4O6/c1-7-21(30)29-10-9-28(14-16(29)3)15-20-22(24(31)35-8-2)23(26-25(32)27(20)4)17-11-18(33-5)13-19(12-17)34-6/h11-13,16,23H,7-10,14-15H2,1-6H3,(H,26,32). The average Bonchev–Trinajstić information content (AvgIpc) is 2.85. The number of carbonyl (C=O) groups is 3. The second-order valence-corrected chi connectivity index (χ2v) is 8.69. The molecule has 0 bridgehead atoms. The van der Waals surface area contributed by atoms with Crippen LogP contribution >= 0.6 is 0 Å². The summed E-state index contributed by atoms with van der Waals surface area (Å²) in [6.07, 6.45) is 0.469. The first-order valence-electron chi connectivity index (χ1n) is 11.9. The van der Waals surface area contributed by atoms with Gasteiger partial charge in [-0.05, 0) is 31.5 Å². The van der Waals surface area contributed by atoms with Crippen molar-refractivity contribution in [2.24, 2.45) is 0 Å². The highest BCUT2D eigenvalue weighted by Crippen LogP contribution is 2.35. The van der Waals surface area contributed by atoms with Crippen molar-refractivity contribution >= 4 is 17.9 Å². The predicted molar refractivity (Wildman–Crippen MR) is 130 cm³/mol. The SMILES string of the molecule is CCOC(=O)C1=C(CN2CCN(C(=O)CC)C(C)C2)N(C)C(=O)NC1c1cc(OC)cc(OC)c1. The number of esters is 1. The molecule has 1 aromatic rings. The van der Waals surface area contributed by atoms with Gasteiger partial charge in [0.1, 0.15) is 11.5 Å². The molecule has 3 amide bonds. The molecule has 1 fully saturated rings. The third kappa shape index (κ3) is 5.70. The zero-order valence-corrected chi connectivity index (χ0v) is 21.4. The highest BCUT2D eigenvalue weighted by atomic mass is 16.5. The van der Waals surface area contributed by atoms with Crippen molar-refractivity contribution in [1.82, 2.24) is 20.0 Å². The zero-order valence-electron chi connectivity index (χ0n) is 21.4. The van der Waals surface area contributed by atoms with Gasteiger partial charge in [0, 0.05) is 57.5 Å². The van der Waals surface area contributed by atoms with Crippen molar-refractivity contribution in [2.45, 2.75) is 39.3 Å². The Bertz CT molecular complexity index is 972. The molecule has 2 heterocycles. The fourth-order valence-electron chi connectivity index (χ4n) is 4.61. The van der Waals surface area contributed by atoms with Gasteiger partial charge in [-0.3, -0.25) is 14.6 Å². The minimum absolute atomic E-state index is 0.0315. The smallest absolute Gasteiger partial charge is 0.338 e. The molecule has 0 saturated carbocycles. The minimum Gasteiger partial charge on any atom is -0.497 e. The van der Waals surface area contributed by atoms with E-state index in [2.05, 4.69) is 10.2 Å². The van der Waals surface area contributed by atoms with Crippen LogP contribution in [0.15, 0.2) is 29.5 Å². The summed E-state index contributed by atoms with van der Waals surface area (Å²) in [5, 5.41) is 2.93. The van der Waals surface area contributed by atoms with E-state index in [1.807, 2.05) is 18.7 Å². The molecule has 0 aliphatic carbocycles. The normalized spacial score (nSPS) is 21.0. The molecule has 2 aliphatic rings. The molecule has 1 aromatic carbocycles. The fourth-order valence-corrected chi connectivity index (χ4v) is 4.61. The molecule has 0 aromatic heterocycles. The largest absolute Gasteiger partial charge is 0.497 e. The minimum atomic E-state index is -0.739. The number of amides is 3. The van der Waals surface area contributed by atoms with Crippen LogP contribution in [-0.2, 0) is 14.3 Å². The highest BCUT2D eigenvalue weighted by Gasteiger charge is 2.38. The maximum atomic E-state index is 13.2. The van der Waals surface area contributed by atoms with E-state index in [0.29, 0.717) is 60.9 Å². The molecule has 192 valence electrons. The molecule has 1 saturated heterocycles. The number of methoxy groups -OCH3 is 2. The van der Waals surface area contributed by atoms with Gasteiger partial charge in [0.25, 0.3) is 0 Å². The van der Waals surface area contributed by atoms with Crippen LogP contribution in [0.25, 0.3) is 0 Å². The van der Waals surface area contributed by atoms with Crippen LogP contribution in [0.4, 0.5) is 4.79 Å². The van der Waals surface area contributed by atoms with Gasteiger partial charge in [-0.25, -0.2) is 9.59 Å². The number of likely N-dealkylation sites (N-methyl/N-ethyl adjacent to an activating group) is 1. The lowest BCUT2D eigenvalue weighted by Gasteiger charge is -2.42. The van der Waals surface area contributed by atoms with Crippen molar-refractivity contribution in [3.05, 3.63) is 35.0 Å². The molecular formula is C25H36N4O6. The fraction of sp³-hybridized carbons (Fsp3) is 0.560. The first-order chi connectivity index (χ1) is 16.7. The summed E-state index contributed by atoms with van der Waals surface area (Å²) >= 11 is 0. The van der Waals surface area contributed by atoms with Crippen molar-refractivity contribution in [2.75, 3.05) is 54.1 Å². The van der Waals surface area contributed by atoms with Gasteiger partial charge < -0.3 is 24.4 Å². The molecule has 2 atom stereocenters. The van der Waals surface area contributed by atoms with Crippen molar-refractivity contribution in [3.63, 3.8) is 0 Å². The number of nitrogens with one attached hydrogen (secondary N) is 1. The van der Waals surface area contributed by atoms with Crippen molar-refractivity contribution < 1.29 is 28.6 Å². The Labute approximate surface area is 206 Å². The number of urea groups is 1. The topological polar surface area (TPSA) is 101 Å². The van der Waals surface area contributed by atoms with Crippen LogP contribution in [-0.4, -0.2) is 92.7 Å². The van der Waals surface area contributed by atoms with Gasteiger partial charge in [-0.15, -0.1) is 0 Å². The van der Waals surface area contributed by atoms with E-state index in [-0.39, 0.29) is 24.6 Å². The molecule has 2 aliphatic heterocycles. The summed E-state index contributed by atoms with van der Waals surface area (Å²) in [6.45, 7) is 8.08. The van der Waals surface area contributed by atoms with Crippen LogP contribution in [0.5, 0.6) is 11.5 Å². The number of benzene rings is 1. The van der Waals surface area contributed by atoms with E-state index in [1.165, 1.54) is 4.90 Å². The number of hydrogen-bond acceptors (Lipinski definition) is 7. The monoisotopic (exact) mass is 488 g/mol. The Morgan fingerprint density at radius 3 is 2.29 bits per heavy atom. The Morgan fingerprint density at radius 1 is 1.09 bits per heavy atom. The van der Waals surface area contributed by atoms with Crippen LogP contribution in [0.1, 0.15) is 38.8 Å². The first kappa shape index (κ1) is 26.3. The van der Waals surface area contributed by atoms with Crippen LogP contribution in [0.2, 0.25) is 0 Å². The molecule has 10 nitrogen and oxygen atoms in total. The summed E-state index contributed by atoms with van der Waals surface area (Å²) in [5.74, 6) is 0.726. The lowest BCUT2D eigenvalue weighted by Crippen LogP contribution is -2.56. The molecule has 0 spiro atoms. The molecular weight excluding hydrogens is 452 g/mol. The van der Waals surface area contributed by atoms with Crippen LogP contribution in [0.3, 0.4) is 0 Å². The van der Waals surface area contributed by atoms with Gasteiger partial charge in [-0.1, -0.05) is 6.92 Å². The Hall–Kier alpha value is -3.27. The van der Waals surface area contributed by atoms with Crippen LogP contribution in [0, 0.1) is 0 Å². The molecule has 0 radical (unpaired) electrons. The number of carbonyl (C=O) groups excluding carboxylic acids is 3. The van der Waals surface area contributed by atoms with Crippen molar-refractivity contribution in [3.8, 4) is 11.5 Å².